The fourth-order valence-electron chi connectivity index (χ4n) is 1.70. The highest BCUT2D eigenvalue weighted by Crippen LogP contribution is 2.26. The molecular formula is C10H11F3N2O2. The molecule has 0 aliphatic carbocycles. The number of halogens is 3. The average molecular weight is 248 g/mol. The molecule has 0 radical (unpaired) electrons. The molecule has 0 N–H and O–H groups in total. The number of alkyl halides is 3. The van der Waals surface area contributed by atoms with Crippen LogP contribution in [0.15, 0.2) is 16.9 Å². The number of nitrogens with zero attached hydrogens (tertiary/aromatic N) is 2. The van der Waals surface area contributed by atoms with Gasteiger partial charge in [0.1, 0.15) is 0 Å². The zero-order valence-corrected chi connectivity index (χ0v) is 8.91. The summed E-state index contributed by atoms with van der Waals surface area (Å²) >= 11 is 0. The topological polar surface area (TPSA) is 44.1 Å². The molecule has 0 aromatic carbocycles. The van der Waals surface area contributed by atoms with Gasteiger partial charge in [0.15, 0.2) is 5.69 Å². The van der Waals surface area contributed by atoms with Crippen LogP contribution in [0.4, 0.5) is 13.2 Å². The van der Waals surface area contributed by atoms with Crippen LogP contribution in [0.1, 0.15) is 12.1 Å². The molecule has 0 spiro atoms. The summed E-state index contributed by atoms with van der Waals surface area (Å²) < 4.78 is 43.2. The Morgan fingerprint density at radius 2 is 2.24 bits per heavy atom. The summed E-state index contributed by atoms with van der Waals surface area (Å²) in [5.41, 5.74) is -1.57. The minimum absolute atomic E-state index is 0.0590. The Morgan fingerprint density at radius 1 is 1.47 bits per heavy atom. The van der Waals surface area contributed by atoms with Gasteiger partial charge >= 0.3 is 6.18 Å². The maximum absolute atomic E-state index is 12.4. The van der Waals surface area contributed by atoms with Crippen molar-refractivity contribution in [1.29, 1.82) is 0 Å². The van der Waals surface area contributed by atoms with E-state index in [2.05, 4.69) is 5.10 Å². The van der Waals surface area contributed by atoms with Crippen molar-refractivity contribution in [1.82, 2.24) is 9.78 Å². The molecule has 1 saturated heterocycles. The van der Waals surface area contributed by atoms with Crippen molar-refractivity contribution < 1.29 is 17.9 Å². The highest BCUT2D eigenvalue weighted by Gasteiger charge is 2.33. The Hall–Kier alpha value is -1.37. The van der Waals surface area contributed by atoms with Crippen LogP contribution in [-0.4, -0.2) is 23.0 Å². The van der Waals surface area contributed by atoms with Gasteiger partial charge < -0.3 is 4.74 Å². The van der Waals surface area contributed by atoms with Crippen LogP contribution in [0.25, 0.3) is 0 Å². The van der Waals surface area contributed by atoms with E-state index in [0.29, 0.717) is 19.3 Å². The van der Waals surface area contributed by atoms with Crippen molar-refractivity contribution in [2.24, 2.45) is 5.92 Å². The molecule has 1 atom stereocenters. The zero-order valence-electron chi connectivity index (χ0n) is 8.91. The molecule has 17 heavy (non-hydrogen) atoms. The molecule has 1 aliphatic rings. The van der Waals surface area contributed by atoms with Gasteiger partial charge in [-0.25, -0.2) is 4.68 Å². The van der Waals surface area contributed by atoms with E-state index in [1.54, 1.807) is 0 Å². The fourth-order valence-corrected chi connectivity index (χ4v) is 1.70. The van der Waals surface area contributed by atoms with Crippen LogP contribution in [-0.2, 0) is 17.5 Å². The smallest absolute Gasteiger partial charge is 0.381 e. The fraction of sp³-hybridized carbons (Fsp3) is 0.600. The van der Waals surface area contributed by atoms with E-state index in [0.717, 1.165) is 17.2 Å². The first-order valence-corrected chi connectivity index (χ1v) is 5.20. The van der Waals surface area contributed by atoms with Crippen LogP contribution in [0.5, 0.6) is 0 Å². The molecule has 1 aromatic heterocycles. The molecule has 1 aliphatic heterocycles. The number of ether oxygens (including phenoxy) is 1. The lowest BCUT2D eigenvalue weighted by Crippen LogP contribution is -2.28. The molecule has 1 aromatic rings. The summed E-state index contributed by atoms with van der Waals surface area (Å²) in [5, 5.41) is 3.33. The molecule has 0 bridgehead atoms. The SMILES string of the molecule is O=c1ccc(C(F)(F)F)nn1CC1CCOC1. The summed E-state index contributed by atoms with van der Waals surface area (Å²) in [7, 11) is 0. The van der Waals surface area contributed by atoms with Crippen molar-refractivity contribution in [3.63, 3.8) is 0 Å². The Kier molecular flexibility index (Phi) is 3.19. The minimum Gasteiger partial charge on any atom is -0.381 e. The van der Waals surface area contributed by atoms with Gasteiger partial charge in [-0.3, -0.25) is 4.79 Å². The van der Waals surface area contributed by atoms with Crippen LogP contribution in [0.3, 0.4) is 0 Å². The zero-order chi connectivity index (χ0) is 12.5. The van der Waals surface area contributed by atoms with Gasteiger partial charge in [0.25, 0.3) is 5.56 Å². The summed E-state index contributed by atoms with van der Waals surface area (Å²) in [6.45, 7) is 1.21. The predicted octanol–water partition coefficient (Wildman–Crippen LogP) is 1.30. The van der Waals surface area contributed by atoms with Gasteiger partial charge in [-0.15, -0.1) is 0 Å². The maximum Gasteiger partial charge on any atom is 0.435 e. The highest BCUT2D eigenvalue weighted by molar-refractivity contribution is 5.04. The van der Waals surface area contributed by atoms with Crippen LogP contribution < -0.4 is 5.56 Å². The van der Waals surface area contributed by atoms with Gasteiger partial charge in [-0.1, -0.05) is 0 Å². The molecule has 7 heteroatoms. The Bertz CT molecular complexity index is 450. The van der Waals surface area contributed by atoms with E-state index in [-0.39, 0.29) is 12.5 Å². The molecule has 4 nitrogen and oxygen atoms in total. The largest absolute Gasteiger partial charge is 0.435 e. The lowest BCUT2D eigenvalue weighted by Gasteiger charge is -2.11. The lowest BCUT2D eigenvalue weighted by atomic mass is 10.1. The van der Waals surface area contributed by atoms with E-state index < -0.39 is 17.4 Å². The van der Waals surface area contributed by atoms with Crippen molar-refractivity contribution in [3.05, 3.63) is 28.2 Å². The monoisotopic (exact) mass is 248 g/mol. The summed E-state index contributed by atoms with van der Waals surface area (Å²) in [6, 6.07) is 1.59. The molecule has 0 amide bonds. The van der Waals surface area contributed by atoms with Crippen LogP contribution in [0, 0.1) is 5.92 Å². The van der Waals surface area contributed by atoms with E-state index in [9.17, 15) is 18.0 Å². The normalized spacial score (nSPS) is 20.8. The third-order valence-electron chi connectivity index (χ3n) is 2.61. The molecule has 2 heterocycles. The first-order valence-electron chi connectivity index (χ1n) is 5.20. The first kappa shape index (κ1) is 12.1. The van der Waals surface area contributed by atoms with Gasteiger partial charge in [-0.2, -0.15) is 18.3 Å². The van der Waals surface area contributed by atoms with Crippen molar-refractivity contribution in [3.8, 4) is 0 Å². The minimum atomic E-state index is -4.53. The summed E-state index contributed by atoms with van der Waals surface area (Å²) in [4.78, 5) is 11.4. The standard InChI is InChI=1S/C10H11F3N2O2/c11-10(12,13)8-1-2-9(16)15(14-8)5-7-3-4-17-6-7/h1-2,7H,3-6H2. The van der Waals surface area contributed by atoms with E-state index in [1.165, 1.54) is 0 Å². The molecule has 0 saturated carbocycles. The Labute approximate surface area is 95.0 Å². The number of rotatable bonds is 2. The molecule has 94 valence electrons. The summed E-state index contributed by atoms with van der Waals surface area (Å²) in [5.74, 6) is 0.0590. The maximum atomic E-state index is 12.4. The van der Waals surface area contributed by atoms with E-state index in [4.69, 9.17) is 4.74 Å². The summed E-state index contributed by atoms with van der Waals surface area (Å²) in [6.07, 6.45) is -3.79. The highest BCUT2D eigenvalue weighted by atomic mass is 19.4. The average Bonchev–Trinajstić information content (AvgIpc) is 2.72. The van der Waals surface area contributed by atoms with Crippen LogP contribution in [0.2, 0.25) is 0 Å². The van der Waals surface area contributed by atoms with Gasteiger partial charge in [0.2, 0.25) is 0 Å². The van der Waals surface area contributed by atoms with Gasteiger partial charge in [-0.05, 0) is 12.5 Å². The van der Waals surface area contributed by atoms with Gasteiger partial charge in [0, 0.05) is 25.1 Å². The second-order valence-electron chi connectivity index (χ2n) is 3.97. The third kappa shape index (κ3) is 2.85. The van der Waals surface area contributed by atoms with Crippen molar-refractivity contribution in [2.75, 3.05) is 13.2 Å². The molecule has 1 unspecified atom stereocenters. The third-order valence-corrected chi connectivity index (χ3v) is 2.61. The van der Waals surface area contributed by atoms with Crippen molar-refractivity contribution >= 4 is 0 Å². The lowest BCUT2D eigenvalue weighted by molar-refractivity contribution is -0.142. The van der Waals surface area contributed by atoms with Gasteiger partial charge in [0.05, 0.1) is 6.61 Å². The van der Waals surface area contributed by atoms with Crippen molar-refractivity contribution in [2.45, 2.75) is 19.1 Å². The predicted molar refractivity (Wildman–Crippen MR) is 52.4 cm³/mol. The molecule has 1 fully saturated rings. The Morgan fingerprint density at radius 3 is 2.82 bits per heavy atom. The first-order chi connectivity index (χ1) is 7.97. The number of hydrogen-bond acceptors (Lipinski definition) is 3. The van der Waals surface area contributed by atoms with Crippen LogP contribution >= 0.6 is 0 Å². The van der Waals surface area contributed by atoms with E-state index >= 15 is 0 Å². The second kappa shape index (κ2) is 4.48. The van der Waals surface area contributed by atoms with E-state index in [1.807, 2.05) is 0 Å². The number of hydrogen-bond donors (Lipinski definition) is 0. The molecule has 2 rings (SSSR count). The quantitative estimate of drug-likeness (QED) is 0.792. The number of aromatic nitrogens is 2. The molecular weight excluding hydrogens is 237 g/mol. The second-order valence-corrected chi connectivity index (χ2v) is 3.97. The Balaban J connectivity index is 2.23.